The van der Waals surface area contributed by atoms with Crippen LogP contribution in [0.25, 0.3) is 10.9 Å². The minimum atomic E-state index is -0.288. The maximum Gasteiger partial charge on any atom is 0.262 e. The van der Waals surface area contributed by atoms with Crippen molar-refractivity contribution in [2.45, 2.75) is 31.7 Å². The highest BCUT2D eigenvalue weighted by molar-refractivity contribution is 7.71. The van der Waals surface area contributed by atoms with E-state index < -0.39 is 0 Å². The van der Waals surface area contributed by atoms with Crippen molar-refractivity contribution in [3.05, 3.63) is 39.4 Å². The highest BCUT2D eigenvalue weighted by Gasteiger charge is 2.28. The molecular weight excluding hydrogens is 286 g/mol. The maximum atomic E-state index is 12.7. The van der Waals surface area contributed by atoms with Crippen LogP contribution in [0, 0.1) is 10.7 Å². The van der Waals surface area contributed by atoms with Gasteiger partial charge in [0.1, 0.15) is 0 Å². The van der Waals surface area contributed by atoms with E-state index >= 15 is 0 Å². The second-order valence-electron chi connectivity index (χ2n) is 5.57. The predicted molar refractivity (Wildman–Crippen MR) is 83.6 cm³/mol. The number of fused-ring (bicyclic) bond motifs is 1. The van der Waals surface area contributed by atoms with Crippen LogP contribution in [-0.4, -0.2) is 15.5 Å². The number of amides is 1. The fraction of sp³-hybridized carbons (Fsp3) is 0.400. The van der Waals surface area contributed by atoms with Crippen molar-refractivity contribution in [1.82, 2.24) is 9.55 Å². The van der Waals surface area contributed by atoms with E-state index in [9.17, 15) is 9.59 Å². The van der Waals surface area contributed by atoms with E-state index in [2.05, 4.69) is 4.98 Å². The molecule has 1 amide bonds. The lowest BCUT2D eigenvalue weighted by Crippen LogP contribution is -2.34. The molecule has 0 aliphatic heterocycles. The van der Waals surface area contributed by atoms with Crippen LogP contribution in [0.1, 0.15) is 31.7 Å². The average molecular weight is 303 g/mol. The molecule has 3 rings (SSSR count). The van der Waals surface area contributed by atoms with E-state index in [0.717, 1.165) is 24.8 Å². The SMILES string of the molecule is NC(=O)C1CCCC(n2c(=S)[nH]c3ccccc3c2=O)C1. The third kappa shape index (κ3) is 2.51. The Hall–Kier alpha value is -1.95. The number of nitrogens with two attached hydrogens (primary N) is 1. The zero-order valence-corrected chi connectivity index (χ0v) is 12.4. The molecule has 1 aliphatic rings. The number of hydrogen-bond donors (Lipinski definition) is 2. The summed E-state index contributed by atoms with van der Waals surface area (Å²) in [5.74, 6) is -0.458. The van der Waals surface area contributed by atoms with E-state index in [4.69, 9.17) is 18.0 Å². The van der Waals surface area contributed by atoms with Crippen LogP contribution in [0.3, 0.4) is 0 Å². The molecule has 2 aromatic rings. The van der Waals surface area contributed by atoms with Crippen LogP contribution in [0.15, 0.2) is 29.1 Å². The molecule has 21 heavy (non-hydrogen) atoms. The zero-order valence-electron chi connectivity index (χ0n) is 11.5. The number of H-pyrrole nitrogens is 1. The summed E-state index contributed by atoms with van der Waals surface area (Å²) in [4.78, 5) is 27.2. The van der Waals surface area contributed by atoms with Gasteiger partial charge in [-0.1, -0.05) is 18.6 Å². The number of aromatic nitrogens is 2. The molecule has 0 radical (unpaired) electrons. The third-order valence-electron chi connectivity index (χ3n) is 4.25. The summed E-state index contributed by atoms with van der Waals surface area (Å²) in [7, 11) is 0. The fourth-order valence-corrected chi connectivity index (χ4v) is 3.51. The Morgan fingerprint density at radius 2 is 2.10 bits per heavy atom. The summed E-state index contributed by atoms with van der Waals surface area (Å²) in [6, 6.07) is 7.26. The summed E-state index contributed by atoms with van der Waals surface area (Å²) in [6.07, 6.45) is 3.11. The number of benzene rings is 1. The van der Waals surface area contributed by atoms with Crippen LogP contribution < -0.4 is 11.3 Å². The van der Waals surface area contributed by atoms with Crippen LogP contribution in [-0.2, 0) is 4.79 Å². The van der Waals surface area contributed by atoms with Crippen LogP contribution in [0.5, 0.6) is 0 Å². The van der Waals surface area contributed by atoms with E-state index in [-0.39, 0.29) is 23.4 Å². The number of aromatic amines is 1. The molecule has 2 atom stereocenters. The minimum Gasteiger partial charge on any atom is -0.369 e. The van der Waals surface area contributed by atoms with Gasteiger partial charge in [-0.15, -0.1) is 0 Å². The molecule has 5 nitrogen and oxygen atoms in total. The average Bonchev–Trinajstić information content (AvgIpc) is 2.47. The van der Waals surface area contributed by atoms with Gasteiger partial charge in [0.2, 0.25) is 5.91 Å². The number of carbonyl (C=O) groups is 1. The Bertz CT molecular complexity index is 808. The first-order chi connectivity index (χ1) is 10.1. The molecule has 1 heterocycles. The molecule has 2 unspecified atom stereocenters. The largest absolute Gasteiger partial charge is 0.369 e. The lowest BCUT2D eigenvalue weighted by molar-refractivity contribution is -0.123. The van der Waals surface area contributed by atoms with Gasteiger partial charge in [-0.3, -0.25) is 14.2 Å². The van der Waals surface area contributed by atoms with E-state index in [0.29, 0.717) is 16.6 Å². The molecule has 3 N–H and O–H groups in total. The first-order valence-electron chi connectivity index (χ1n) is 7.11. The van der Waals surface area contributed by atoms with Crippen molar-refractivity contribution in [2.75, 3.05) is 0 Å². The van der Waals surface area contributed by atoms with Crippen molar-refractivity contribution in [1.29, 1.82) is 0 Å². The molecule has 0 bridgehead atoms. The summed E-state index contributed by atoms with van der Waals surface area (Å²) >= 11 is 5.34. The smallest absolute Gasteiger partial charge is 0.262 e. The molecule has 1 aromatic carbocycles. The van der Waals surface area contributed by atoms with E-state index in [1.165, 1.54) is 0 Å². The van der Waals surface area contributed by atoms with E-state index in [1.807, 2.05) is 18.2 Å². The fourth-order valence-electron chi connectivity index (χ4n) is 3.16. The summed E-state index contributed by atoms with van der Waals surface area (Å²) in [5.41, 5.74) is 6.06. The number of hydrogen-bond acceptors (Lipinski definition) is 3. The Morgan fingerprint density at radius 1 is 1.33 bits per heavy atom. The molecular formula is C15H17N3O2S. The van der Waals surface area contributed by atoms with Gasteiger partial charge in [0.25, 0.3) is 5.56 Å². The number of primary amides is 1. The van der Waals surface area contributed by atoms with Gasteiger partial charge in [-0.05, 0) is 43.6 Å². The summed E-state index contributed by atoms with van der Waals surface area (Å²) < 4.78 is 2.03. The molecule has 0 spiro atoms. The Balaban J connectivity index is 2.10. The number of nitrogens with zero attached hydrogens (tertiary/aromatic N) is 1. The maximum absolute atomic E-state index is 12.7. The number of para-hydroxylation sites is 1. The molecule has 6 heteroatoms. The number of carbonyl (C=O) groups excluding carboxylic acids is 1. The second-order valence-corrected chi connectivity index (χ2v) is 5.96. The molecule has 110 valence electrons. The lowest BCUT2D eigenvalue weighted by atomic mass is 9.85. The van der Waals surface area contributed by atoms with Crippen molar-refractivity contribution in [3.8, 4) is 0 Å². The van der Waals surface area contributed by atoms with Gasteiger partial charge in [0.15, 0.2) is 4.77 Å². The normalized spacial score (nSPS) is 22.3. The van der Waals surface area contributed by atoms with Crippen LogP contribution >= 0.6 is 12.2 Å². The van der Waals surface area contributed by atoms with Gasteiger partial charge in [0.05, 0.1) is 10.9 Å². The molecule has 1 aromatic heterocycles. The monoisotopic (exact) mass is 303 g/mol. The Kier molecular flexibility index (Phi) is 3.63. The van der Waals surface area contributed by atoms with Crippen molar-refractivity contribution < 1.29 is 4.79 Å². The third-order valence-corrected chi connectivity index (χ3v) is 4.55. The topological polar surface area (TPSA) is 80.9 Å². The molecule has 1 fully saturated rings. The highest BCUT2D eigenvalue weighted by Crippen LogP contribution is 2.31. The second kappa shape index (κ2) is 5.44. The minimum absolute atomic E-state index is 0.0582. The number of rotatable bonds is 2. The van der Waals surface area contributed by atoms with Gasteiger partial charge in [-0.2, -0.15) is 0 Å². The standard InChI is InChI=1S/C15H17N3O2S/c16-13(19)9-4-3-5-10(8-9)18-14(20)11-6-1-2-7-12(11)17-15(18)21/h1-2,6-7,9-10H,3-5,8H2,(H2,16,19)(H,17,21). The quantitative estimate of drug-likeness (QED) is 0.835. The van der Waals surface area contributed by atoms with Crippen LogP contribution in [0.2, 0.25) is 0 Å². The van der Waals surface area contributed by atoms with Gasteiger partial charge < -0.3 is 10.7 Å². The highest BCUT2D eigenvalue weighted by atomic mass is 32.1. The Morgan fingerprint density at radius 3 is 2.86 bits per heavy atom. The van der Waals surface area contributed by atoms with Crippen molar-refractivity contribution >= 4 is 29.0 Å². The van der Waals surface area contributed by atoms with Crippen molar-refractivity contribution in [3.63, 3.8) is 0 Å². The summed E-state index contributed by atoms with van der Waals surface area (Å²) in [5, 5.41) is 0.618. The predicted octanol–water partition coefficient (Wildman–Crippen LogP) is 2.28. The molecule has 1 saturated carbocycles. The van der Waals surface area contributed by atoms with Crippen LogP contribution in [0.4, 0.5) is 0 Å². The first kappa shape index (κ1) is 14.0. The lowest BCUT2D eigenvalue weighted by Gasteiger charge is -2.28. The molecule has 0 saturated heterocycles. The van der Waals surface area contributed by atoms with E-state index in [1.54, 1.807) is 10.6 Å². The summed E-state index contributed by atoms with van der Waals surface area (Å²) in [6.45, 7) is 0. The first-order valence-corrected chi connectivity index (χ1v) is 7.51. The molecule has 1 aliphatic carbocycles. The zero-order chi connectivity index (χ0) is 15.0. The van der Waals surface area contributed by atoms with Gasteiger partial charge in [-0.25, -0.2) is 0 Å². The Labute approximate surface area is 126 Å². The van der Waals surface area contributed by atoms with Gasteiger partial charge in [0, 0.05) is 12.0 Å². The van der Waals surface area contributed by atoms with Gasteiger partial charge >= 0.3 is 0 Å². The number of nitrogens with one attached hydrogen (secondary N) is 1. The van der Waals surface area contributed by atoms with Crippen molar-refractivity contribution in [2.24, 2.45) is 11.7 Å².